The van der Waals surface area contributed by atoms with E-state index in [1.54, 1.807) is 21.9 Å². The third kappa shape index (κ3) is 5.62. The number of aryl methyl sites for hydroxylation is 2. The zero-order chi connectivity index (χ0) is 20.6. The van der Waals surface area contributed by atoms with Crippen LogP contribution in [-0.4, -0.2) is 57.9 Å². The lowest BCUT2D eigenvalue weighted by Crippen LogP contribution is -2.37. The van der Waals surface area contributed by atoms with Gasteiger partial charge in [-0.1, -0.05) is 24.2 Å². The van der Waals surface area contributed by atoms with E-state index < -0.39 is 5.82 Å². The van der Waals surface area contributed by atoms with E-state index in [2.05, 4.69) is 17.1 Å². The zero-order valence-electron chi connectivity index (χ0n) is 16.8. The van der Waals surface area contributed by atoms with Gasteiger partial charge in [-0.25, -0.2) is 4.39 Å². The van der Waals surface area contributed by atoms with Crippen LogP contribution in [0.25, 0.3) is 0 Å². The topological polar surface area (TPSA) is 79.5 Å². The summed E-state index contributed by atoms with van der Waals surface area (Å²) >= 11 is 0. The number of hydrogen-bond acceptors (Lipinski definition) is 5. The van der Waals surface area contributed by atoms with Gasteiger partial charge < -0.3 is 14.3 Å². The molecule has 1 aromatic carbocycles. The second-order valence-corrected chi connectivity index (χ2v) is 7.21. The van der Waals surface area contributed by atoms with Crippen LogP contribution in [0.2, 0.25) is 0 Å². The number of amides is 2. The Balaban J connectivity index is 1.46. The van der Waals surface area contributed by atoms with Gasteiger partial charge in [0.1, 0.15) is 5.82 Å². The minimum atomic E-state index is -0.516. The average molecular weight is 402 g/mol. The van der Waals surface area contributed by atoms with Crippen molar-refractivity contribution in [3.8, 4) is 0 Å². The summed E-state index contributed by atoms with van der Waals surface area (Å²) in [4.78, 5) is 32.9. The summed E-state index contributed by atoms with van der Waals surface area (Å²) in [6, 6.07) is 6.00. The summed E-state index contributed by atoms with van der Waals surface area (Å²) < 4.78 is 19.1. The molecule has 0 aliphatic carbocycles. The van der Waals surface area contributed by atoms with Crippen LogP contribution >= 0.6 is 0 Å². The number of carbonyl (C=O) groups excluding carboxylic acids is 2. The molecule has 29 heavy (non-hydrogen) atoms. The van der Waals surface area contributed by atoms with Gasteiger partial charge in [-0.3, -0.25) is 9.59 Å². The molecule has 0 N–H and O–H groups in total. The molecule has 1 fully saturated rings. The maximum absolute atomic E-state index is 13.9. The summed E-state index contributed by atoms with van der Waals surface area (Å²) in [5, 5.41) is 3.92. The highest BCUT2D eigenvalue weighted by molar-refractivity contribution is 5.94. The first-order valence-electron chi connectivity index (χ1n) is 10.2. The minimum absolute atomic E-state index is 0.0542. The first-order valence-corrected chi connectivity index (χ1v) is 10.2. The smallest absolute Gasteiger partial charge is 0.256 e. The van der Waals surface area contributed by atoms with Gasteiger partial charge in [0.25, 0.3) is 5.91 Å². The molecule has 1 saturated heterocycles. The Morgan fingerprint density at radius 1 is 1.10 bits per heavy atom. The first-order chi connectivity index (χ1) is 14.1. The highest BCUT2D eigenvalue weighted by Crippen LogP contribution is 2.14. The van der Waals surface area contributed by atoms with Gasteiger partial charge in [0.05, 0.1) is 5.56 Å². The van der Waals surface area contributed by atoms with E-state index in [9.17, 15) is 14.0 Å². The molecule has 0 unspecified atom stereocenters. The van der Waals surface area contributed by atoms with Crippen molar-refractivity contribution in [2.75, 3.05) is 26.2 Å². The van der Waals surface area contributed by atoms with Gasteiger partial charge in [0.15, 0.2) is 5.82 Å². The molecule has 0 spiro atoms. The Kier molecular flexibility index (Phi) is 7.32. The van der Waals surface area contributed by atoms with Crippen molar-refractivity contribution in [1.82, 2.24) is 19.9 Å². The monoisotopic (exact) mass is 402 g/mol. The lowest BCUT2D eigenvalue weighted by molar-refractivity contribution is -0.131. The number of hydrogen-bond donors (Lipinski definition) is 0. The van der Waals surface area contributed by atoms with Crippen molar-refractivity contribution in [2.45, 2.75) is 45.4 Å². The summed E-state index contributed by atoms with van der Waals surface area (Å²) in [5.41, 5.74) is 0.0780. The van der Waals surface area contributed by atoms with Gasteiger partial charge in [-0.05, 0) is 31.4 Å². The maximum atomic E-state index is 13.9. The molecule has 1 aliphatic rings. The van der Waals surface area contributed by atoms with Crippen LogP contribution < -0.4 is 0 Å². The van der Waals surface area contributed by atoms with Crippen molar-refractivity contribution in [3.05, 3.63) is 47.4 Å². The van der Waals surface area contributed by atoms with Gasteiger partial charge in [-0.15, -0.1) is 0 Å². The second-order valence-electron chi connectivity index (χ2n) is 7.21. The van der Waals surface area contributed by atoms with Crippen LogP contribution in [0.4, 0.5) is 4.39 Å². The third-order valence-corrected chi connectivity index (χ3v) is 5.01. The van der Waals surface area contributed by atoms with Gasteiger partial charge >= 0.3 is 0 Å². The number of benzene rings is 1. The molecule has 2 heterocycles. The highest BCUT2D eigenvalue weighted by atomic mass is 19.1. The fourth-order valence-corrected chi connectivity index (χ4v) is 3.44. The molecular formula is C21H27FN4O3. The van der Waals surface area contributed by atoms with Crippen molar-refractivity contribution in [1.29, 1.82) is 0 Å². The Bertz CT molecular complexity index is 839. The van der Waals surface area contributed by atoms with E-state index in [4.69, 9.17) is 4.52 Å². The summed E-state index contributed by atoms with van der Waals surface area (Å²) in [6.45, 7) is 4.03. The fourth-order valence-electron chi connectivity index (χ4n) is 3.44. The van der Waals surface area contributed by atoms with Crippen LogP contribution in [0, 0.1) is 5.82 Å². The van der Waals surface area contributed by atoms with Crippen LogP contribution in [0.15, 0.2) is 28.8 Å². The van der Waals surface area contributed by atoms with E-state index in [1.807, 2.05) is 0 Å². The molecule has 2 aromatic rings. The lowest BCUT2D eigenvalue weighted by Gasteiger charge is -2.22. The Morgan fingerprint density at radius 2 is 1.86 bits per heavy atom. The quantitative estimate of drug-likeness (QED) is 0.712. The summed E-state index contributed by atoms with van der Waals surface area (Å²) in [6.07, 6.45) is 4.04. The molecule has 1 aromatic heterocycles. The van der Waals surface area contributed by atoms with Gasteiger partial charge in [0, 0.05) is 45.4 Å². The normalized spacial score (nSPS) is 14.7. The van der Waals surface area contributed by atoms with Crippen LogP contribution in [0.5, 0.6) is 0 Å². The Hall–Kier alpha value is -2.77. The molecule has 0 saturated carbocycles. The van der Waals surface area contributed by atoms with Crippen molar-refractivity contribution >= 4 is 11.8 Å². The van der Waals surface area contributed by atoms with Crippen LogP contribution in [0.3, 0.4) is 0 Å². The highest BCUT2D eigenvalue weighted by Gasteiger charge is 2.24. The van der Waals surface area contributed by atoms with Gasteiger partial charge in [0.2, 0.25) is 11.8 Å². The number of rotatable bonds is 7. The number of nitrogens with zero attached hydrogens (tertiary/aromatic N) is 4. The molecule has 156 valence electrons. The largest absolute Gasteiger partial charge is 0.341 e. The van der Waals surface area contributed by atoms with Crippen LogP contribution in [0.1, 0.15) is 54.7 Å². The van der Waals surface area contributed by atoms with Gasteiger partial charge in [-0.2, -0.15) is 4.98 Å². The van der Waals surface area contributed by atoms with E-state index in [0.717, 1.165) is 12.8 Å². The molecule has 3 rings (SSSR count). The van der Waals surface area contributed by atoms with Crippen molar-refractivity contribution in [3.63, 3.8) is 0 Å². The number of halogens is 1. The van der Waals surface area contributed by atoms with Crippen LogP contribution in [-0.2, 0) is 17.6 Å². The predicted molar refractivity (Wildman–Crippen MR) is 105 cm³/mol. The molecule has 7 nitrogen and oxygen atoms in total. The van der Waals surface area contributed by atoms with Crippen molar-refractivity contribution in [2.24, 2.45) is 0 Å². The average Bonchev–Trinajstić information content (AvgIpc) is 3.01. The molecule has 2 amide bonds. The Morgan fingerprint density at radius 3 is 2.66 bits per heavy atom. The lowest BCUT2D eigenvalue weighted by atomic mass is 10.2. The first kappa shape index (κ1) is 21.0. The van der Waals surface area contributed by atoms with E-state index >= 15 is 0 Å². The maximum Gasteiger partial charge on any atom is 0.256 e. The summed E-state index contributed by atoms with van der Waals surface area (Å²) in [7, 11) is 0. The van der Waals surface area contributed by atoms with Crippen molar-refractivity contribution < 1.29 is 18.5 Å². The molecule has 1 aliphatic heterocycles. The van der Waals surface area contributed by atoms with E-state index in [0.29, 0.717) is 63.6 Å². The molecule has 0 bridgehead atoms. The summed E-state index contributed by atoms with van der Waals surface area (Å²) in [5.74, 6) is 0.493. The van der Waals surface area contributed by atoms with E-state index in [-0.39, 0.29) is 17.4 Å². The predicted octanol–water partition coefficient (Wildman–Crippen LogP) is 2.86. The SMILES string of the molecule is CCCc1noc(CCCC(=O)N2CCCN(C(=O)c3ccccc3F)CC2)n1. The molecule has 0 radical (unpaired) electrons. The number of aromatic nitrogens is 2. The Labute approximate surface area is 169 Å². The fraction of sp³-hybridized carbons (Fsp3) is 0.524. The third-order valence-electron chi connectivity index (χ3n) is 5.01. The standard InChI is InChI=1S/C21H27FN4O3/c1-2-7-18-23-19(29-24-18)10-5-11-20(27)25-12-6-13-26(15-14-25)21(28)16-8-3-4-9-17(16)22/h3-4,8-9H,2,5-7,10-15H2,1H3. The minimum Gasteiger partial charge on any atom is -0.341 e. The number of carbonyl (C=O) groups is 2. The zero-order valence-corrected chi connectivity index (χ0v) is 16.8. The second kappa shape index (κ2) is 10.1. The molecule has 8 heteroatoms. The molecular weight excluding hydrogens is 375 g/mol. The molecule has 0 atom stereocenters. The van der Waals surface area contributed by atoms with E-state index in [1.165, 1.54) is 12.1 Å².